The highest BCUT2D eigenvalue weighted by molar-refractivity contribution is 5.53. The molecule has 0 saturated heterocycles. The second-order valence-electron chi connectivity index (χ2n) is 8.41. The van der Waals surface area contributed by atoms with Crippen molar-refractivity contribution in [2.45, 2.75) is 33.3 Å². The minimum atomic E-state index is -0.144. The van der Waals surface area contributed by atoms with Crippen molar-refractivity contribution < 1.29 is 19.0 Å². The topological polar surface area (TPSA) is 82.5 Å². The Morgan fingerprint density at radius 3 is 2.39 bits per heavy atom. The van der Waals surface area contributed by atoms with Gasteiger partial charge in [0.1, 0.15) is 30.4 Å². The molecule has 182 valence electrons. The lowest BCUT2D eigenvalue weighted by atomic mass is 10.2. The zero-order valence-electron chi connectivity index (χ0n) is 20.0. The van der Waals surface area contributed by atoms with Gasteiger partial charge >= 0.3 is 0 Å². The van der Waals surface area contributed by atoms with E-state index in [1.54, 1.807) is 4.68 Å². The zero-order chi connectivity index (χ0) is 24.7. The summed E-state index contributed by atoms with van der Waals surface area (Å²) < 4.78 is 19.5. The van der Waals surface area contributed by atoms with Gasteiger partial charge in [-0.05, 0) is 42.3 Å². The average Bonchev–Trinajstić information content (AvgIpc) is 3.50. The first-order valence-corrected chi connectivity index (χ1v) is 11.8. The lowest BCUT2D eigenvalue weighted by Gasteiger charge is -2.08. The first kappa shape index (κ1) is 23.4. The lowest BCUT2D eigenvalue weighted by molar-refractivity contribution is 0.253. The number of hydrogen-bond donors (Lipinski definition) is 1. The number of ether oxygens (including phenoxy) is 2. The van der Waals surface area contributed by atoms with Gasteiger partial charge in [-0.2, -0.15) is 0 Å². The van der Waals surface area contributed by atoms with E-state index in [1.807, 2.05) is 98.0 Å². The molecule has 0 bridgehead atoms. The molecule has 0 aliphatic carbocycles. The van der Waals surface area contributed by atoms with Crippen LogP contribution in [-0.4, -0.2) is 19.9 Å². The van der Waals surface area contributed by atoms with Crippen molar-refractivity contribution >= 4 is 0 Å². The summed E-state index contributed by atoms with van der Waals surface area (Å²) >= 11 is 0. The molecule has 3 aromatic carbocycles. The lowest BCUT2D eigenvalue weighted by Crippen LogP contribution is -2.02. The van der Waals surface area contributed by atoms with E-state index in [9.17, 15) is 5.11 Å². The molecule has 7 heteroatoms. The number of aryl methyl sites for hydroxylation is 1. The van der Waals surface area contributed by atoms with Crippen molar-refractivity contribution in [3.8, 4) is 23.1 Å². The normalized spacial score (nSPS) is 10.9. The number of rotatable bonds is 10. The molecule has 0 atom stereocenters. The van der Waals surface area contributed by atoms with E-state index in [0.29, 0.717) is 42.8 Å². The molecule has 2 heterocycles. The molecule has 5 rings (SSSR count). The summed E-state index contributed by atoms with van der Waals surface area (Å²) in [5.74, 6) is 2.44. The van der Waals surface area contributed by atoms with E-state index >= 15 is 0 Å². The highest BCUT2D eigenvalue weighted by Gasteiger charge is 2.13. The Balaban J connectivity index is 1.21. The Kier molecular flexibility index (Phi) is 7.10. The van der Waals surface area contributed by atoms with Crippen LogP contribution in [0.3, 0.4) is 0 Å². The van der Waals surface area contributed by atoms with Gasteiger partial charge < -0.3 is 19.0 Å². The quantitative estimate of drug-likeness (QED) is 0.282. The number of nitrogens with zero attached hydrogens (tertiary/aromatic N) is 3. The minimum absolute atomic E-state index is 0.144. The van der Waals surface area contributed by atoms with Crippen LogP contribution in [0.5, 0.6) is 11.6 Å². The Labute approximate surface area is 209 Å². The molecule has 0 radical (unpaired) electrons. The van der Waals surface area contributed by atoms with Gasteiger partial charge in [-0.15, -0.1) is 5.10 Å². The van der Waals surface area contributed by atoms with Crippen LogP contribution in [0.1, 0.15) is 28.1 Å². The molecule has 0 aliphatic heterocycles. The maximum atomic E-state index is 9.75. The molecule has 2 aromatic heterocycles. The van der Waals surface area contributed by atoms with Crippen LogP contribution in [0.2, 0.25) is 0 Å². The van der Waals surface area contributed by atoms with Gasteiger partial charge in [0.2, 0.25) is 11.8 Å². The van der Waals surface area contributed by atoms with Crippen molar-refractivity contribution in [3.05, 3.63) is 119 Å². The van der Waals surface area contributed by atoms with Crippen molar-refractivity contribution in [2.24, 2.45) is 0 Å². The van der Waals surface area contributed by atoms with Crippen LogP contribution < -0.4 is 9.47 Å². The number of oxazole rings is 1. The summed E-state index contributed by atoms with van der Waals surface area (Å²) in [6.07, 6.45) is 1.81. The molecule has 5 aromatic rings. The van der Waals surface area contributed by atoms with Crippen LogP contribution >= 0.6 is 0 Å². The van der Waals surface area contributed by atoms with E-state index in [4.69, 9.17) is 13.9 Å². The molecular formula is C29H27N3O4. The third-order valence-electron chi connectivity index (χ3n) is 5.72. The minimum Gasteiger partial charge on any atom is -0.487 e. The molecule has 1 N–H and O–H groups in total. The predicted molar refractivity (Wildman–Crippen MR) is 135 cm³/mol. The van der Waals surface area contributed by atoms with Crippen LogP contribution in [-0.2, 0) is 26.4 Å². The molecule has 0 aliphatic rings. The fraction of sp³-hybridized carbons (Fsp3) is 0.172. The monoisotopic (exact) mass is 481 g/mol. The van der Waals surface area contributed by atoms with Gasteiger partial charge in [0, 0.05) is 11.8 Å². The molecule has 0 saturated carbocycles. The van der Waals surface area contributed by atoms with E-state index < -0.39 is 0 Å². The number of aliphatic hydroxyl groups excluding tert-OH is 1. The molecule has 0 unspecified atom stereocenters. The number of aromatic nitrogens is 3. The van der Waals surface area contributed by atoms with Crippen LogP contribution in [0, 0.1) is 6.92 Å². The fourth-order valence-corrected chi connectivity index (χ4v) is 3.82. The van der Waals surface area contributed by atoms with E-state index in [2.05, 4.69) is 10.1 Å². The zero-order valence-corrected chi connectivity index (χ0v) is 20.0. The molecule has 0 spiro atoms. The van der Waals surface area contributed by atoms with Gasteiger partial charge in [0.25, 0.3) is 0 Å². The number of hydrogen-bond acceptors (Lipinski definition) is 6. The van der Waals surface area contributed by atoms with Crippen LogP contribution in [0.25, 0.3) is 11.5 Å². The standard InChI is InChI=1S/C29H27N3O4/c1-21-27(30-28(36-21)24-12-6-3-7-13-24)20-34-26-14-8-11-23(15-26)19-35-29-25(18-33)17-32(31-29)16-22-9-4-2-5-10-22/h2-15,17,33H,16,18-20H2,1H3. The fourth-order valence-electron chi connectivity index (χ4n) is 3.82. The number of aliphatic hydroxyl groups is 1. The van der Waals surface area contributed by atoms with E-state index in [0.717, 1.165) is 28.1 Å². The second-order valence-corrected chi connectivity index (χ2v) is 8.41. The summed E-state index contributed by atoms with van der Waals surface area (Å²) in [6.45, 7) is 2.94. The van der Waals surface area contributed by atoms with Crippen molar-refractivity contribution in [3.63, 3.8) is 0 Å². The van der Waals surface area contributed by atoms with Crippen LogP contribution in [0.15, 0.2) is 95.5 Å². The number of benzene rings is 3. The smallest absolute Gasteiger partial charge is 0.238 e. The first-order valence-electron chi connectivity index (χ1n) is 11.8. The third kappa shape index (κ3) is 5.64. The van der Waals surface area contributed by atoms with Crippen molar-refractivity contribution in [1.82, 2.24) is 14.8 Å². The first-order chi connectivity index (χ1) is 17.7. The molecule has 0 fully saturated rings. The second kappa shape index (κ2) is 10.9. The van der Waals surface area contributed by atoms with Gasteiger partial charge in [-0.25, -0.2) is 4.98 Å². The van der Waals surface area contributed by atoms with E-state index in [-0.39, 0.29) is 6.61 Å². The highest BCUT2D eigenvalue weighted by atomic mass is 16.5. The SMILES string of the molecule is Cc1oc(-c2ccccc2)nc1COc1cccc(COc2nn(Cc3ccccc3)cc2CO)c1. The maximum Gasteiger partial charge on any atom is 0.238 e. The predicted octanol–water partition coefficient (Wildman–Crippen LogP) is 5.55. The summed E-state index contributed by atoms with van der Waals surface area (Å²) in [6, 6.07) is 27.5. The van der Waals surface area contributed by atoms with Gasteiger partial charge in [0.15, 0.2) is 0 Å². The van der Waals surface area contributed by atoms with Gasteiger partial charge in [0.05, 0.1) is 18.7 Å². The largest absolute Gasteiger partial charge is 0.487 e. The van der Waals surface area contributed by atoms with E-state index in [1.165, 1.54) is 0 Å². The molecule has 0 amide bonds. The Hall–Kier alpha value is -4.36. The molecular weight excluding hydrogens is 454 g/mol. The summed E-state index contributed by atoms with van der Waals surface area (Å²) in [4.78, 5) is 4.59. The maximum absolute atomic E-state index is 9.75. The third-order valence-corrected chi connectivity index (χ3v) is 5.72. The van der Waals surface area contributed by atoms with Gasteiger partial charge in [-0.3, -0.25) is 4.68 Å². The summed E-state index contributed by atoms with van der Waals surface area (Å²) in [5.41, 5.74) is 4.38. The Morgan fingerprint density at radius 1 is 0.861 bits per heavy atom. The molecule has 7 nitrogen and oxygen atoms in total. The summed E-state index contributed by atoms with van der Waals surface area (Å²) in [5, 5.41) is 14.3. The highest BCUT2D eigenvalue weighted by Crippen LogP contribution is 2.24. The van der Waals surface area contributed by atoms with Crippen molar-refractivity contribution in [2.75, 3.05) is 0 Å². The summed E-state index contributed by atoms with van der Waals surface area (Å²) in [7, 11) is 0. The Morgan fingerprint density at radius 2 is 1.61 bits per heavy atom. The average molecular weight is 482 g/mol. The molecule has 36 heavy (non-hydrogen) atoms. The van der Waals surface area contributed by atoms with Gasteiger partial charge in [-0.1, -0.05) is 60.7 Å². The van der Waals surface area contributed by atoms with Crippen LogP contribution in [0.4, 0.5) is 0 Å². The Bertz CT molecular complexity index is 1410. The van der Waals surface area contributed by atoms with Crippen molar-refractivity contribution in [1.29, 1.82) is 0 Å².